The van der Waals surface area contributed by atoms with Gasteiger partial charge in [-0.1, -0.05) is 6.92 Å². The van der Waals surface area contributed by atoms with Gasteiger partial charge in [-0.2, -0.15) is 13.1 Å². The van der Waals surface area contributed by atoms with Crippen molar-refractivity contribution in [3.8, 4) is 0 Å². The molecule has 0 aliphatic carbocycles. The average Bonchev–Trinajstić information content (AvgIpc) is 2.03. The van der Waals surface area contributed by atoms with E-state index in [4.69, 9.17) is 11.1 Å². The van der Waals surface area contributed by atoms with Crippen LogP contribution in [0, 0.1) is 5.41 Å². The second-order valence-corrected chi connectivity index (χ2v) is 4.53. The van der Waals surface area contributed by atoms with Crippen LogP contribution in [0.3, 0.4) is 0 Å². The fraction of sp³-hybridized carbons (Fsp3) is 0.833. The third kappa shape index (κ3) is 3.29. The number of nitrogens with two attached hydrogens (primary N) is 1. The van der Waals surface area contributed by atoms with E-state index in [-0.39, 0.29) is 5.84 Å². The van der Waals surface area contributed by atoms with E-state index >= 15 is 0 Å². The van der Waals surface area contributed by atoms with Gasteiger partial charge in [-0.15, -0.1) is 0 Å². The second-order valence-electron chi connectivity index (χ2n) is 2.91. The minimum Gasteiger partial charge on any atom is -0.386 e. The molecule has 0 rings (SSSR count). The van der Waals surface area contributed by atoms with Gasteiger partial charge in [0.15, 0.2) is 0 Å². The summed E-state index contributed by atoms with van der Waals surface area (Å²) < 4.78 is 26.6. The van der Waals surface area contributed by atoms with Crippen LogP contribution in [0.15, 0.2) is 0 Å². The maximum Gasteiger partial charge on any atom is 0.277 e. The van der Waals surface area contributed by atoms with Crippen LogP contribution in [0.25, 0.3) is 0 Å². The molecule has 0 saturated heterocycles. The molecule has 13 heavy (non-hydrogen) atoms. The predicted octanol–water partition coefficient (Wildman–Crippen LogP) is -0.855. The van der Waals surface area contributed by atoms with Crippen molar-refractivity contribution in [2.24, 2.45) is 5.73 Å². The monoisotopic (exact) mass is 208 g/mol. The van der Waals surface area contributed by atoms with Crippen molar-refractivity contribution >= 4 is 16.0 Å². The van der Waals surface area contributed by atoms with Gasteiger partial charge in [0.25, 0.3) is 10.2 Å². The Hall–Kier alpha value is -0.660. The summed E-state index contributed by atoms with van der Waals surface area (Å²) in [4.78, 5) is 0. The summed E-state index contributed by atoms with van der Waals surface area (Å²) in [5, 5.41) is 7.23. The van der Waals surface area contributed by atoms with Gasteiger partial charge in [-0.05, 0) is 13.3 Å². The summed E-state index contributed by atoms with van der Waals surface area (Å²) in [5.74, 6) is -0.200. The molecular weight excluding hydrogens is 192 g/mol. The van der Waals surface area contributed by atoms with Gasteiger partial charge in [-0.3, -0.25) is 5.41 Å². The van der Waals surface area contributed by atoms with Crippen LogP contribution >= 0.6 is 0 Å². The van der Waals surface area contributed by atoms with E-state index in [0.29, 0.717) is 6.42 Å². The molecule has 0 fully saturated rings. The Balaban J connectivity index is 4.75. The zero-order valence-electron chi connectivity index (χ0n) is 8.01. The standard InChI is InChI=1S/C6H16N4O2S/c1-4-6(2,5(7)8)10-13(11,12)9-3/h9-10H,4H2,1-3H3,(H3,7,8). The van der Waals surface area contributed by atoms with E-state index in [1.54, 1.807) is 13.8 Å². The Morgan fingerprint density at radius 2 is 2.08 bits per heavy atom. The molecule has 0 spiro atoms. The summed E-state index contributed by atoms with van der Waals surface area (Å²) in [6, 6.07) is 0. The zero-order valence-corrected chi connectivity index (χ0v) is 8.83. The number of nitrogens with one attached hydrogen (secondary N) is 3. The maximum atomic E-state index is 11.1. The summed E-state index contributed by atoms with van der Waals surface area (Å²) >= 11 is 0. The molecule has 0 bridgehead atoms. The highest BCUT2D eigenvalue weighted by Gasteiger charge is 2.30. The first-order chi connectivity index (χ1) is 5.77. The van der Waals surface area contributed by atoms with Gasteiger partial charge in [0.1, 0.15) is 5.84 Å². The number of amidine groups is 1. The quantitative estimate of drug-likeness (QED) is 0.349. The van der Waals surface area contributed by atoms with Gasteiger partial charge >= 0.3 is 0 Å². The third-order valence-corrected chi connectivity index (χ3v) is 3.19. The van der Waals surface area contributed by atoms with Gasteiger partial charge < -0.3 is 5.73 Å². The molecule has 5 N–H and O–H groups in total. The summed E-state index contributed by atoms with van der Waals surface area (Å²) in [5.41, 5.74) is 4.26. The van der Waals surface area contributed by atoms with E-state index in [9.17, 15) is 8.42 Å². The highest BCUT2D eigenvalue weighted by atomic mass is 32.2. The third-order valence-electron chi connectivity index (χ3n) is 1.93. The SMILES string of the molecule is CCC(C)(NS(=O)(=O)NC)C(=N)N. The van der Waals surface area contributed by atoms with Crippen molar-refractivity contribution in [3.05, 3.63) is 0 Å². The summed E-state index contributed by atoms with van der Waals surface area (Å²) in [6.07, 6.45) is 0.420. The first-order valence-electron chi connectivity index (χ1n) is 3.84. The van der Waals surface area contributed by atoms with E-state index in [2.05, 4.69) is 9.44 Å². The minimum absolute atomic E-state index is 0.200. The van der Waals surface area contributed by atoms with Crippen molar-refractivity contribution in [2.75, 3.05) is 7.05 Å². The lowest BCUT2D eigenvalue weighted by molar-refractivity contribution is 0.500. The Morgan fingerprint density at radius 3 is 2.31 bits per heavy atom. The fourth-order valence-electron chi connectivity index (χ4n) is 0.665. The van der Waals surface area contributed by atoms with Gasteiger partial charge in [-0.25, -0.2) is 4.72 Å². The van der Waals surface area contributed by atoms with Crippen LogP contribution in [-0.4, -0.2) is 26.8 Å². The molecule has 0 amide bonds. The van der Waals surface area contributed by atoms with Gasteiger partial charge in [0.2, 0.25) is 0 Å². The molecule has 6 nitrogen and oxygen atoms in total. The van der Waals surface area contributed by atoms with Crippen molar-refractivity contribution < 1.29 is 8.42 Å². The highest BCUT2D eigenvalue weighted by Crippen LogP contribution is 2.09. The van der Waals surface area contributed by atoms with E-state index in [1.165, 1.54) is 7.05 Å². The molecule has 0 aliphatic heterocycles. The molecule has 0 heterocycles. The zero-order chi connectivity index (χ0) is 10.7. The largest absolute Gasteiger partial charge is 0.386 e. The van der Waals surface area contributed by atoms with E-state index in [0.717, 1.165) is 0 Å². The smallest absolute Gasteiger partial charge is 0.277 e. The second kappa shape index (κ2) is 4.03. The average molecular weight is 208 g/mol. The molecular formula is C6H16N4O2S. The molecule has 0 aromatic heterocycles. The topological polar surface area (TPSA) is 108 Å². The maximum absolute atomic E-state index is 11.1. The van der Waals surface area contributed by atoms with Gasteiger partial charge in [0.05, 0.1) is 5.54 Å². The fourth-order valence-corrected chi connectivity index (χ4v) is 1.61. The Morgan fingerprint density at radius 1 is 1.62 bits per heavy atom. The van der Waals surface area contributed by atoms with Crippen LogP contribution in [0.1, 0.15) is 20.3 Å². The van der Waals surface area contributed by atoms with E-state index < -0.39 is 15.7 Å². The normalized spacial score (nSPS) is 16.5. The Kier molecular flexibility index (Phi) is 3.83. The van der Waals surface area contributed by atoms with Gasteiger partial charge in [0, 0.05) is 7.05 Å². The van der Waals surface area contributed by atoms with Crippen molar-refractivity contribution in [1.82, 2.24) is 9.44 Å². The molecule has 0 aromatic carbocycles. The van der Waals surface area contributed by atoms with Crippen molar-refractivity contribution in [1.29, 1.82) is 5.41 Å². The Labute approximate surface area is 78.6 Å². The molecule has 0 radical (unpaired) electrons. The first kappa shape index (κ1) is 12.3. The van der Waals surface area contributed by atoms with E-state index in [1.807, 2.05) is 0 Å². The molecule has 0 saturated carbocycles. The van der Waals surface area contributed by atoms with Crippen LogP contribution in [0.5, 0.6) is 0 Å². The molecule has 0 aliphatic rings. The number of hydrogen-bond donors (Lipinski definition) is 4. The minimum atomic E-state index is -3.56. The first-order valence-corrected chi connectivity index (χ1v) is 5.32. The number of rotatable bonds is 5. The summed E-state index contributed by atoms with van der Waals surface area (Å²) in [7, 11) is -2.26. The molecule has 1 unspecified atom stereocenters. The lowest BCUT2D eigenvalue weighted by atomic mass is 10.00. The van der Waals surface area contributed by atoms with Crippen molar-refractivity contribution in [2.45, 2.75) is 25.8 Å². The highest BCUT2D eigenvalue weighted by molar-refractivity contribution is 7.87. The van der Waals surface area contributed by atoms with Crippen LogP contribution < -0.4 is 15.2 Å². The molecule has 0 aromatic rings. The summed E-state index contributed by atoms with van der Waals surface area (Å²) in [6.45, 7) is 3.31. The lowest BCUT2D eigenvalue weighted by Gasteiger charge is -2.27. The van der Waals surface area contributed by atoms with Crippen LogP contribution in [0.4, 0.5) is 0 Å². The van der Waals surface area contributed by atoms with Crippen LogP contribution in [-0.2, 0) is 10.2 Å². The van der Waals surface area contributed by atoms with Crippen LogP contribution in [0.2, 0.25) is 0 Å². The molecule has 78 valence electrons. The predicted molar refractivity (Wildman–Crippen MR) is 51.7 cm³/mol. The number of hydrogen-bond acceptors (Lipinski definition) is 3. The van der Waals surface area contributed by atoms with Crippen molar-refractivity contribution in [3.63, 3.8) is 0 Å². The Bertz CT molecular complexity index is 287. The molecule has 7 heteroatoms. The molecule has 1 atom stereocenters. The lowest BCUT2D eigenvalue weighted by Crippen LogP contribution is -2.56.